The van der Waals surface area contributed by atoms with Crippen molar-refractivity contribution in [3.8, 4) is 17.2 Å². The third-order valence-corrected chi connectivity index (χ3v) is 5.14. The highest BCUT2D eigenvalue weighted by Gasteiger charge is 2.16. The Balaban J connectivity index is 1.42. The standard InChI is InChI=1S/C24H18N2O4/c1-13-9-18-21(10-14(13)2)30-24(26-18)17-8-7-16(12-19(17)27)25-23(28)22-11-15-5-3-4-6-20(15)29-22/h3-12,27H,1-2H3,(H,25,28). The number of anilines is 1. The van der Waals surface area contributed by atoms with Crippen LogP contribution >= 0.6 is 0 Å². The summed E-state index contributed by atoms with van der Waals surface area (Å²) in [6.45, 7) is 4.02. The highest BCUT2D eigenvalue weighted by molar-refractivity contribution is 6.04. The second kappa shape index (κ2) is 6.77. The van der Waals surface area contributed by atoms with Gasteiger partial charge in [-0.25, -0.2) is 4.98 Å². The Morgan fingerprint density at radius 3 is 2.53 bits per heavy atom. The fourth-order valence-electron chi connectivity index (χ4n) is 3.37. The summed E-state index contributed by atoms with van der Waals surface area (Å²) >= 11 is 0. The molecule has 0 radical (unpaired) electrons. The molecule has 0 aliphatic heterocycles. The average molecular weight is 398 g/mol. The third-order valence-electron chi connectivity index (χ3n) is 5.14. The molecule has 6 nitrogen and oxygen atoms in total. The van der Waals surface area contributed by atoms with Crippen molar-refractivity contribution in [2.45, 2.75) is 13.8 Å². The molecule has 5 rings (SSSR count). The zero-order chi connectivity index (χ0) is 20.8. The van der Waals surface area contributed by atoms with E-state index in [0.29, 0.717) is 28.3 Å². The number of benzene rings is 3. The zero-order valence-corrected chi connectivity index (χ0v) is 16.4. The molecule has 0 bridgehead atoms. The number of aromatic hydroxyl groups is 1. The Hall–Kier alpha value is -4.06. The molecule has 0 atom stereocenters. The van der Waals surface area contributed by atoms with Crippen molar-refractivity contribution in [3.63, 3.8) is 0 Å². The lowest BCUT2D eigenvalue weighted by Crippen LogP contribution is -2.10. The summed E-state index contributed by atoms with van der Waals surface area (Å²) < 4.78 is 11.4. The number of aromatic nitrogens is 1. The number of furan rings is 1. The van der Waals surface area contributed by atoms with E-state index in [4.69, 9.17) is 8.83 Å². The monoisotopic (exact) mass is 398 g/mol. The third kappa shape index (κ3) is 3.08. The summed E-state index contributed by atoms with van der Waals surface area (Å²) in [4.78, 5) is 17.0. The van der Waals surface area contributed by atoms with E-state index in [9.17, 15) is 9.90 Å². The van der Waals surface area contributed by atoms with Gasteiger partial charge in [-0.2, -0.15) is 0 Å². The van der Waals surface area contributed by atoms with Crippen molar-refractivity contribution in [3.05, 3.63) is 77.6 Å². The van der Waals surface area contributed by atoms with E-state index in [-0.39, 0.29) is 11.5 Å². The van der Waals surface area contributed by atoms with Gasteiger partial charge in [0.05, 0.1) is 5.56 Å². The van der Waals surface area contributed by atoms with Crippen LogP contribution in [0.3, 0.4) is 0 Å². The minimum Gasteiger partial charge on any atom is -0.507 e. The molecule has 0 saturated heterocycles. The van der Waals surface area contributed by atoms with Crippen molar-refractivity contribution in [2.75, 3.05) is 5.32 Å². The molecule has 0 spiro atoms. The molecule has 0 aliphatic rings. The van der Waals surface area contributed by atoms with Crippen molar-refractivity contribution in [2.24, 2.45) is 0 Å². The highest BCUT2D eigenvalue weighted by atomic mass is 16.4. The molecule has 3 aromatic carbocycles. The molecule has 0 aliphatic carbocycles. The number of carbonyl (C=O) groups excluding carboxylic acids is 1. The molecule has 148 valence electrons. The summed E-state index contributed by atoms with van der Waals surface area (Å²) in [5.41, 5.74) is 5.15. The quantitative estimate of drug-likeness (QED) is 0.400. The normalized spacial score (nSPS) is 11.3. The average Bonchev–Trinajstić information content (AvgIpc) is 3.32. The summed E-state index contributed by atoms with van der Waals surface area (Å²) in [5, 5.41) is 14.1. The molecular formula is C24H18N2O4. The predicted molar refractivity (Wildman–Crippen MR) is 115 cm³/mol. The molecule has 30 heavy (non-hydrogen) atoms. The number of aryl methyl sites for hydroxylation is 2. The highest BCUT2D eigenvalue weighted by Crippen LogP contribution is 2.34. The number of fused-ring (bicyclic) bond motifs is 2. The second-order valence-corrected chi connectivity index (χ2v) is 7.26. The van der Waals surface area contributed by atoms with Crippen LogP contribution in [0.25, 0.3) is 33.5 Å². The van der Waals surface area contributed by atoms with Gasteiger partial charge in [0.1, 0.15) is 16.8 Å². The molecule has 2 N–H and O–H groups in total. The van der Waals surface area contributed by atoms with Gasteiger partial charge < -0.3 is 19.3 Å². The van der Waals surface area contributed by atoms with Crippen molar-refractivity contribution >= 4 is 33.7 Å². The topological polar surface area (TPSA) is 88.5 Å². The summed E-state index contributed by atoms with van der Waals surface area (Å²) in [7, 11) is 0. The number of nitrogens with one attached hydrogen (secondary N) is 1. The van der Waals surface area contributed by atoms with E-state index in [1.807, 2.05) is 44.2 Å². The largest absolute Gasteiger partial charge is 0.507 e. The first kappa shape index (κ1) is 18.0. The van der Waals surface area contributed by atoms with Gasteiger partial charge in [-0.1, -0.05) is 18.2 Å². The summed E-state index contributed by atoms with van der Waals surface area (Å²) in [5.74, 6) is 0.0793. The molecule has 6 heteroatoms. The first-order valence-corrected chi connectivity index (χ1v) is 9.49. The molecule has 1 amide bonds. The summed E-state index contributed by atoms with van der Waals surface area (Å²) in [6, 6.07) is 17.8. The molecule has 0 saturated carbocycles. The van der Waals surface area contributed by atoms with Crippen LogP contribution in [-0.4, -0.2) is 16.0 Å². The maximum atomic E-state index is 12.5. The number of amides is 1. The lowest BCUT2D eigenvalue weighted by molar-refractivity contribution is 0.0998. The predicted octanol–water partition coefficient (Wildman–Crippen LogP) is 5.82. The molecule has 0 unspecified atom stereocenters. The SMILES string of the molecule is Cc1cc2nc(-c3ccc(NC(=O)c4cc5ccccc5o4)cc3O)oc2cc1C. The molecule has 5 aromatic rings. The van der Waals surface area contributed by atoms with Crippen molar-refractivity contribution in [1.82, 2.24) is 4.98 Å². The number of oxazole rings is 1. The van der Waals surface area contributed by atoms with Crippen LogP contribution in [0.5, 0.6) is 5.75 Å². The Labute approximate surface area is 171 Å². The van der Waals surface area contributed by atoms with Crippen molar-refractivity contribution < 1.29 is 18.7 Å². The van der Waals surface area contributed by atoms with Gasteiger partial charge in [0.25, 0.3) is 5.91 Å². The molecule has 2 heterocycles. The number of nitrogens with zero attached hydrogens (tertiary/aromatic N) is 1. The Morgan fingerprint density at radius 1 is 0.933 bits per heavy atom. The maximum absolute atomic E-state index is 12.5. The number of phenolic OH excluding ortho intramolecular Hbond substituents is 1. The van der Waals surface area contributed by atoms with Crippen molar-refractivity contribution in [1.29, 1.82) is 0 Å². The van der Waals surface area contributed by atoms with Gasteiger partial charge >= 0.3 is 0 Å². The molecule has 0 fully saturated rings. The molecule has 2 aromatic heterocycles. The van der Waals surface area contributed by atoms with Crippen LogP contribution in [0.15, 0.2) is 69.5 Å². The van der Waals surface area contributed by atoms with Gasteiger partial charge in [-0.3, -0.25) is 4.79 Å². The van der Waals surface area contributed by atoms with Gasteiger partial charge in [0, 0.05) is 17.1 Å². The van der Waals surface area contributed by atoms with Gasteiger partial charge in [-0.15, -0.1) is 0 Å². The fourth-order valence-corrected chi connectivity index (χ4v) is 3.37. The second-order valence-electron chi connectivity index (χ2n) is 7.26. The van der Waals surface area contributed by atoms with Crippen LogP contribution in [-0.2, 0) is 0 Å². The van der Waals surface area contributed by atoms with Gasteiger partial charge in [-0.05, 0) is 61.4 Å². The number of para-hydroxylation sites is 1. The van der Waals surface area contributed by atoms with Crippen LogP contribution in [0.2, 0.25) is 0 Å². The number of rotatable bonds is 3. The van der Waals surface area contributed by atoms with Crippen LogP contribution in [0.1, 0.15) is 21.7 Å². The van der Waals surface area contributed by atoms with E-state index in [0.717, 1.165) is 22.0 Å². The minimum absolute atomic E-state index is 0.0441. The number of hydrogen-bond acceptors (Lipinski definition) is 5. The van der Waals surface area contributed by atoms with E-state index in [1.54, 1.807) is 24.3 Å². The van der Waals surface area contributed by atoms with E-state index in [1.165, 1.54) is 6.07 Å². The Morgan fingerprint density at radius 2 is 1.73 bits per heavy atom. The van der Waals surface area contributed by atoms with E-state index < -0.39 is 5.91 Å². The zero-order valence-electron chi connectivity index (χ0n) is 16.4. The lowest BCUT2D eigenvalue weighted by Gasteiger charge is -2.06. The van der Waals surface area contributed by atoms with E-state index >= 15 is 0 Å². The first-order chi connectivity index (χ1) is 14.5. The number of phenols is 1. The van der Waals surface area contributed by atoms with E-state index in [2.05, 4.69) is 10.3 Å². The Kier molecular flexibility index (Phi) is 4.06. The maximum Gasteiger partial charge on any atom is 0.291 e. The summed E-state index contributed by atoms with van der Waals surface area (Å²) in [6.07, 6.45) is 0. The molecular weight excluding hydrogens is 380 g/mol. The van der Waals surface area contributed by atoms with Crippen LogP contribution in [0, 0.1) is 13.8 Å². The van der Waals surface area contributed by atoms with Gasteiger partial charge in [0.2, 0.25) is 5.89 Å². The fraction of sp³-hybridized carbons (Fsp3) is 0.0833. The van der Waals surface area contributed by atoms with Crippen LogP contribution < -0.4 is 5.32 Å². The Bertz CT molecular complexity index is 1360. The smallest absolute Gasteiger partial charge is 0.291 e. The first-order valence-electron chi connectivity index (χ1n) is 9.49. The number of carbonyl (C=O) groups is 1. The van der Waals surface area contributed by atoms with Crippen LogP contribution in [0.4, 0.5) is 5.69 Å². The lowest BCUT2D eigenvalue weighted by atomic mass is 10.1. The minimum atomic E-state index is -0.397. The van der Waals surface area contributed by atoms with Gasteiger partial charge in [0.15, 0.2) is 11.3 Å². The number of hydrogen-bond donors (Lipinski definition) is 2.